The van der Waals surface area contributed by atoms with Crippen LogP contribution in [0.4, 0.5) is 18.9 Å². The minimum absolute atomic E-state index is 0.0834. The average molecular weight is 570 g/mol. The summed E-state index contributed by atoms with van der Waals surface area (Å²) in [7, 11) is 0. The molecule has 0 fully saturated rings. The summed E-state index contributed by atoms with van der Waals surface area (Å²) in [6.45, 7) is 4.15. The van der Waals surface area contributed by atoms with Gasteiger partial charge in [-0.3, -0.25) is 14.2 Å². The van der Waals surface area contributed by atoms with E-state index in [9.17, 15) is 22.8 Å². The van der Waals surface area contributed by atoms with Crippen LogP contribution in [0.15, 0.2) is 78.0 Å². The summed E-state index contributed by atoms with van der Waals surface area (Å²) in [6.07, 6.45) is -4.56. The predicted molar refractivity (Wildman–Crippen MR) is 146 cm³/mol. The summed E-state index contributed by atoms with van der Waals surface area (Å²) < 4.78 is 47.1. The number of carbonyl (C=O) groups is 2. The fourth-order valence-electron chi connectivity index (χ4n) is 3.76. The maximum atomic E-state index is 13.5. The van der Waals surface area contributed by atoms with Crippen LogP contribution in [-0.2, 0) is 17.5 Å². The van der Waals surface area contributed by atoms with Crippen molar-refractivity contribution in [2.24, 2.45) is 0 Å². The monoisotopic (exact) mass is 569 g/mol. The summed E-state index contributed by atoms with van der Waals surface area (Å²) in [5.41, 5.74) is 1.20. The van der Waals surface area contributed by atoms with Gasteiger partial charge in [-0.1, -0.05) is 35.5 Å². The van der Waals surface area contributed by atoms with Crippen molar-refractivity contribution in [3.8, 4) is 11.4 Å². The Hall–Kier alpha value is -4.32. The molecule has 0 unspecified atom stereocenters. The molecule has 4 rings (SSSR count). The molecule has 4 aromatic rings. The van der Waals surface area contributed by atoms with E-state index >= 15 is 0 Å². The number of hydrogen-bond donors (Lipinski definition) is 2. The summed E-state index contributed by atoms with van der Waals surface area (Å²) >= 11 is 1.01. The van der Waals surface area contributed by atoms with Crippen LogP contribution in [0.1, 0.15) is 34.2 Å². The van der Waals surface area contributed by atoms with Crippen LogP contribution in [0.3, 0.4) is 0 Å². The van der Waals surface area contributed by atoms with Crippen LogP contribution in [0.25, 0.3) is 5.69 Å². The summed E-state index contributed by atoms with van der Waals surface area (Å²) in [6, 6.07) is 18.5. The molecule has 0 atom stereocenters. The normalized spacial score (nSPS) is 11.2. The third-order valence-electron chi connectivity index (χ3n) is 5.60. The number of aromatic nitrogens is 3. The van der Waals surface area contributed by atoms with Crippen molar-refractivity contribution in [2.75, 3.05) is 17.7 Å². The Balaban J connectivity index is 1.53. The quantitative estimate of drug-likeness (QED) is 0.240. The first kappa shape index (κ1) is 28.7. The van der Waals surface area contributed by atoms with E-state index < -0.39 is 11.7 Å². The highest BCUT2D eigenvalue weighted by atomic mass is 32.2. The fourth-order valence-corrected chi connectivity index (χ4v) is 4.54. The minimum atomic E-state index is -4.56. The second-order valence-corrected chi connectivity index (χ2v) is 9.57. The lowest BCUT2D eigenvalue weighted by atomic mass is 10.1. The third-order valence-corrected chi connectivity index (χ3v) is 6.53. The maximum absolute atomic E-state index is 13.5. The van der Waals surface area contributed by atoms with E-state index in [2.05, 4.69) is 20.8 Å². The zero-order valence-electron chi connectivity index (χ0n) is 21.7. The van der Waals surface area contributed by atoms with Gasteiger partial charge in [0.25, 0.3) is 5.91 Å². The molecule has 1 aromatic heterocycles. The molecule has 40 heavy (non-hydrogen) atoms. The molecule has 0 saturated heterocycles. The number of halogens is 3. The van der Waals surface area contributed by atoms with Crippen LogP contribution >= 0.6 is 11.8 Å². The Morgan fingerprint density at radius 2 is 1.75 bits per heavy atom. The van der Waals surface area contributed by atoms with Crippen LogP contribution in [0.2, 0.25) is 0 Å². The van der Waals surface area contributed by atoms with Gasteiger partial charge in [0.2, 0.25) is 5.91 Å². The largest absolute Gasteiger partial charge is 0.494 e. The maximum Gasteiger partial charge on any atom is 0.416 e. The van der Waals surface area contributed by atoms with Crippen molar-refractivity contribution in [1.82, 2.24) is 20.1 Å². The van der Waals surface area contributed by atoms with Crippen molar-refractivity contribution in [3.05, 3.63) is 95.3 Å². The highest BCUT2D eigenvalue weighted by Gasteiger charge is 2.31. The van der Waals surface area contributed by atoms with E-state index in [-0.39, 0.29) is 40.8 Å². The zero-order chi connectivity index (χ0) is 28.7. The van der Waals surface area contributed by atoms with E-state index in [1.165, 1.54) is 16.7 Å². The highest BCUT2D eigenvalue weighted by molar-refractivity contribution is 7.99. The highest BCUT2D eigenvalue weighted by Crippen LogP contribution is 2.32. The van der Waals surface area contributed by atoms with Crippen molar-refractivity contribution in [1.29, 1.82) is 0 Å². The number of alkyl halides is 3. The van der Waals surface area contributed by atoms with Crippen molar-refractivity contribution in [2.45, 2.75) is 31.7 Å². The molecule has 12 heteroatoms. The number of nitrogens with one attached hydrogen (secondary N) is 2. The summed E-state index contributed by atoms with van der Waals surface area (Å²) in [4.78, 5) is 25.3. The van der Waals surface area contributed by atoms with E-state index in [0.717, 1.165) is 29.5 Å². The van der Waals surface area contributed by atoms with Crippen molar-refractivity contribution < 1.29 is 27.5 Å². The number of aryl methyl sites for hydroxylation is 1. The number of amides is 2. The number of thioether (sulfide) groups is 1. The zero-order valence-corrected chi connectivity index (χ0v) is 22.5. The molecule has 208 valence electrons. The van der Waals surface area contributed by atoms with E-state index in [1.54, 1.807) is 42.5 Å². The molecule has 0 radical (unpaired) electrons. The minimum Gasteiger partial charge on any atom is -0.494 e. The third kappa shape index (κ3) is 7.41. The molecule has 0 aliphatic heterocycles. The Morgan fingerprint density at radius 3 is 2.45 bits per heavy atom. The van der Waals surface area contributed by atoms with Gasteiger partial charge >= 0.3 is 6.18 Å². The number of ether oxygens (including phenoxy) is 1. The fraction of sp³-hybridized carbons (Fsp3) is 0.214. The first-order valence-electron chi connectivity index (χ1n) is 12.3. The molecule has 2 amide bonds. The molecule has 0 aliphatic carbocycles. The number of rotatable bonds is 10. The molecule has 0 bridgehead atoms. The van der Waals surface area contributed by atoms with Crippen LogP contribution in [0, 0.1) is 6.92 Å². The molecule has 3 aromatic carbocycles. The smallest absolute Gasteiger partial charge is 0.416 e. The van der Waals surface area contributed by atoms with Crippen LogP contribution in [0.5, 0.6) is 5.75 Å². The van der Waals surface area contributed by atoms with E-state index in [0.29, 0.717) is 23.6 Å². The molecule has 0 aliphatic rings. The van der Waals surface area contributed by atoms with Gasteiger partial charge in [0.15, 0.2) is 11.0 Å². The SMILES string of the molecule is CCOc1ccc(NC(=O)CSc2nnc(CNC(=O)c3cccc(C)c3)n2-c2cccc(C(F)(F)F)c2)cc1. The number of hydrogen-bond acceptors (Lipinski definition) is 6. The number of benzene rings is 3. The second-order valence-electron chi connectivity index (χ2n) is 8.63. The number of carbonyl (C=O) groups excluding carboxylic acids is 2. The molecular weight excluding hydrogens is 543 g/mol. The standard InChI is InChI=1S/C28H26F3N5O3S/c1-3-39-23-12-10-21(11-13-23)33-25(37)17-40-27-35-34-24(16-32-26(38)19-7-4-6-18(2)14-19)36(27)22-9-5-8-20(15-22)28(29,30)31/h4-15H,3,16-17H2,1-2H3,(H,32,38)(H,33,37). The number of nitrogens with zero attached hydrogens (tertiary/aromatic N) is 3. The van der Waals surface area contributed by atoms with E-state index in [1.807, 2.05) is 19.9 Å². The first-order chi connectivity index (χ1) is 19.1. The first-order valence-corrected chi connectivity index (χ1v) is 13.2. The lowest BCUT2D eigenvalue weighted by Crippen LogP contribution is -2.24. The van der Waals surface area contributed by atoms with Gasteiger partial charge in [0.05, 0.1) is 30.2 Å². The van der Waals surface area contributed by atoms with Gasteiger partial charge < -0.3 is 15.4 Å². The lowest BCUT2D eigenvalue weighted by molar-refractivity contribution is -0.137. The molecule has 1 heterocycles. The Morgan fingerprint density at radius 1 is 1.00 bits per heavy atom. The van der Waals surface area contributed by atoms with Crippen LogP contribution < -0.4 is 15.4 Å². The van der Waals surface area contributed by atoms with Crippen molar-refractivity contribution in [3.63, 3.8) is 0 Å². The molecule has 2 N–H and O–H groups in total. The lowest BCUT2D eigenvalue weighted by Gasteiger charge is -2.14. The Labute approximate surface area is 233 Å². The van der Waals surface area contributed by atoms with E-state index in [4.69, 9.17) is 4.74 Å². The van der Waals surface area contributed by atoms with Gasteiger partial charge in [-0.2, -0.15) is 13.2 Å². The Kier molecular flexibility index (Phi) is 9.10. The predicted octanol–water partition coefficient (Wildman–Crippen LogP) is 5.65. The molecule has 0 saturated carbocycles. The van der Waals surface area contributed by atoms with Gasteiger partial charge in [-0.15, -0.1) is 10.2 Å². The van der Waals surface area contributed by atoms with Gasteiger partial charge in [-0.25, -0.2) is 0 Å². The molecular formula is C28H26F3N5O3S. The number of anilines is 1. The topological polar surface area (TPSA) is 98.1 Å². The second kappa shape index (κ2) is 12.7. The summed E-state index contributed by atoms with van der Waals surface area (Å²) in [5.74, 6) is 0.0778. The van der Waals surface area contributed by atoms with Crippen molar-refractivity contribution >= 4 is 29.3 Å². The van der Waals surface area contributed by atoms with Gasteiger partial charge in [0, 0.05) is 11.3 Å². The molecule has 8 nitrogen and oxygen atoms in total. The van der Waals surface area contributed by atoms with Crippen LogP contribution in [-0.4, -0.2) is 38.9 Å². The Bertz CT molecular complexity index is 1490. The van der Waals surface area contributed by atoms with Gasteiger partial charge in [-0.05, 0) is 68.4 Å². The molecule has 0 spiro atoms. The summed E-state index contributed by atoms with van der Waals surface area (Å²) in [5, 5.41) is 13.9. The average Bonchev–Trinajstić information content (AvgIpc) is 3.34. The van der Waals surface area contributed by atoms with Gasteiger partial charge in [0.1, 0.15) is 5.75 Å².